The SMILES string of the molecule is C[C@]12C(=O)N(Cc3ccco3)CC(=O)N1CC(c1ccc(Br)cc1)c1c2[nH]c2ccccc12. The lowest BCUT2D eigenvalue weighted by Crippen LogP contribution is -2.67. The fraction of sp³-hybridized carbons (Fsp3) is 0.231. The fourth-order valence-electron chi connectivity index (χ4n) is 5.39. The number of benzene rings is 2. The Balaban J connectivity index is 1.53. The Morgan fingerprint density at radius 1 is 1.09 bits per heavy atom. The number of para-hydroxylation sites is 1. The van der Waals surface area contributed by atoms with Gasteiger partial charge in [0.15, 0.2) is 5.54 Å². The third-order valence-electron chi connectivity index (χ3n) is 7.02. The van der Waals surface area contributed by atoms with Crippen LogP contribution in [0.2, 0.25) is 0 Å². The largest absolute Gasteiger partial charge is 0.467 e. The number of hydrogen-bond donors (Lipinski definition) is 1. The second-order valence-electron chi connectivity index (χ2n) is 8.88. The van der Waals surface area contributed by atoms with Crippen LogP contribution in [-0.4, -0.2) is 39.7 Å². The van der Waals surface area contributed by atoms with Gasteiger partial charge in [0.25, 0.3) is 5.91 Å². The first-order valence-electron chi connectivity index (χ1n) is 11.0. The molecule has 6 rings (SSSR count). The summed E-state index contributed by atoms with van der Waals surface area (Å²) in [5.41, 5.74) is 2.86. The molecule has 0 aliphatic carbocycles. The van der Waals surface area contributed by atoms with Gasteiger partial charge in [0.2, 0.25) is 5.91 Å². The number of hydrogen-bond acceptors (Lipinski definition) is 3. The predicted molar refractivity (Wildman–Crippen MR) is 127 cm³/mol. The van der Waals surface area contributed by atoms with Crippen LogP contribution in [0.3, 0.4) is 0 Å². The summed E-state index contributed by atoms with van der Waals surface area (Å²) in [6.07, 6.45) is 1.58. The molecule has 0 radical (unpaired) electrons. The Hall–Kier alpha value is -3.32. The highest BCUT2D eigenvalue weighted by Gasteiger charge is 2.56. The first-order chi connectivity index (χ1) is 16.0. The Morgan fingerprint density at radius 2 is 1.88 bits per heavy atom. The zero-order chi connectivity index (χ0) is 22.7. The summed E-state index contributed by atoms with van der Waals surface area (Å²) in [7, 11) is 0. The third-order valence-corrected chi connectivity index (χ3v) is 7.55. The zero-order valence-corrected chi connectivity index (χ0v) is 19.6. The molecule has 2 aliphatic rings. The summed E-state index contributed by atoms with van der Waals surface area (Å²) in [5.74, 6) is 0.468. The van der Waals surface area contributed by atoms with Gasteiger partial charge in [0.05, 0.1) is 18.5 Å². The van der Waals surface area contributed by atoms with Gasteiger partial charge < -0.3 is 19.2 Å². The van der Waals surface area contributed by atoms with E-state index in [1.165, 1.54) is 0 Å². The molecule has 1 unspecified atom stereocenters. The molecule has 1 N–H and O–H groups in total. The van der Waals surface area contributed by atoms with E-state index in [0.717, 1.165) is 32.2 Å². The highest BCUT2D eigenvalue weighted by molar-refractivity contribution is 9.10. The number of nitrogens with one attached hydrogen (secondary N) is 1. The number of amides is 2. The van der Waals surface area contributed by atoms with Crippen molar-refractivity contribution in [2.24, 2.45) is 0 Å². The van der Waals surface area contributed by atoms with Crippen LogP contribution in [0, 0.1) is 0 Å². The Kier molecular flexibility index (Phi) is 4.52. The molecule has 2 aromatic carbocycles. The maximum atomic E-state index is 13.9. The maximum absolute atomic E-state index is 13.9. The van der Waals surface area contributed by atoms with Crippen LogP contribution in [0.5, 0.6) is 0 Å². The van der Waals surface area contributed by atoms with E-state index in [4.69, 9.17) is 4.42 Å². The van der Waals surface area contributed by atoms with Crippen LogP contribution in [0.1, 0.15) is 35.4 Å². The number of furan rings is 1. The zero-order valence-electron chi connectivity index (χ0n) is 18.0. The predicted octanol–water partition coefficient (Wildman–Crippen LogP) is 4.76. The monoisotopic (exact) mass is 503 g/mol. The van der Waals surface area contributed by atoms with E-state index in [9.17, 15) is 9.59 Å². The van der Waals surface area contributed by atoms with Crippen LogP contribution in [0.4, 0.5) is 0 Å². The molecule has 33 heavy (non-hydrogen) atoms. The van der Waals surface area contributed by atoms with Gasteiger partial charge in [0.1, 0.15) is 12.3 Å². The van der Waals surface area contributed by atoms with Crippen molar-refractivity contribution in [2.45, 2.75) is 24.9 Å². The van der Waals surface area contributed by atoms with E-state index in [1.807, 2.05) is 43.3 Å². The number of aromatic nitrogens is 1. The number of piperazine rings is 1. The second-order valence-corrected chi connectivity index (χ2v) is 9.80. The molecule has 4 aromatic rings. The molecular formula is C26H22BrN3O3. The molecule has 1 fully saturated rings. The fourth-order valence-corrected chi connectivity index (χ4v) is 5.65. The van der Waals surface area contributed by atoms with Gasteiger partial charge in [0, 0.05) is 27.8 Å². The molecule has 2 aliphatic heterocycles. The summed E-state index contributed by atoms with van der Waals surface area (Å²) in [6, 6.07) is 19.9. The minimum Gasteiger partial charge on any atom is -0.467 e. The van der Waals surface area contributed by atoms with Crippen molar-refractivity contribution in [1.29, 1.82) is 0 Å². The van der Waals surface area contributed by atoms with E-state index in [-0.39, 0.29) is 30.8 Å². The van der Waals surface area contributed by atoms with E-state index in [1.54, 1.807) is 22.1 Å². The quantitative estimate of drug-likeness (QED) is 0.438. The highest BCUT2D eigenvalue weighted by atomic mass is 79.9. The van der Waals surface area contributed by atoms with Crippen molar-refractivity contribution >= 4 is 38.6 Å². The molecule has 4 heterocycles. The van der Waals surface area contributed by atoms with Crippen LogP contribution < -0.4 is 0 Å². The lowest BCUT2D eigenvalue weighted by molar-refractivity contribution is -0.167. The summed E-state index contributed by atoms with van der Waals surface area (Å²) in [4.78, 5) is 34.3. The third kappa shape index (κ3) is 2.99. The van der Waals surface area contributed by atoms with Crippen LogP contribution in [-0.2, 0) is 21.7 Å². The number of aromatic amines is 1. The summed E-state index contributed by atoms with van der Waals surface area (Å²) in [6.45, 7) is 2.63. The Bertz CT molecular complexity index is 1380. The first kappa shape index (κ1) is 20.3. The maximum Gasteiger partial charge on any atom is 0.255 e. The van der Waals surface area contributed by atoms with E-state index in [2.05, 4.69) is 39.1 Å². The van der Waals surface area contributed by atoms with Crippen molar-refractivity contribution in [3.05, 3.63) is 94.0 Å². The molecule has 7 heteroatoms. The molecule has 166 valence electrons. The molecule has 1 saturated heterocycles. The Labute approximate surface area is 199 Å². The van der Waals surface area contributed by atoms with E-state index < -0.39 is 5.54 Å². The van der Waals surface area contributed by atoms with E-state index in [0.29, 0.717) is 12.3 Å². The summed E-state index contributed by atoms with van der Waals surface area (Å²) in [5, 5.41) is 1.09. The molecule has 2 aromatic heterocycles. The molecule has 0 spiro atoms. The van der Waals surface area contributed by atoms with Crippen molar-refractivity contribution in [3.63, 3.8) is 0 Å². The average molecular weight is 504 g/mol. The van der Waals surface area contributed by atoms with Gasteiger partial charge in [-0.3, -0.25) is 9.59 Å². The number of nitrogens with zero attached hydrogens (tertiary/aromatic N) is 2. The number of rotatable bonds is 3. The average Bonchev–Trinajstić information content (AvgIpc) is 3.47. The molecule has 0 saturated carbocycles. The first-order valence-corrected chi connectivity index (χ1v) is 11.7. The highest BCUT2D eigenvalue weighted by Crippen LogP contribution is 2.48. The number of halogens is 1. The van der Waals surface area contributed by atoms with Gasteiger partial charge in [-0.25, -0.2) is 0 Å². The molecule has 2 amide bonds. The minimum absolute atomic E-state index is 0.0364. The Morgan fingerprint density at radius 3 is 2.64 bits per heavy atom. The lowest BCUT2D eigenvalue weighted by Gasteiger charge is -2.51. The smallest absolute Gasteiger partial charge is 0.255 e. The van der Waals surface area contributed by atoms with Gasteiger partial charge in [-0.05, 0) is 48.4 Å². The van der Waals surface area contributed by atoms with Crippen LogP contribution in [0.15, 0.2) is 75.8 Å². The number of H-pyrrole nitrogens is 1. The van der Waals surface area contributed by atoms with Crippen molar-refractivity contribution in [1.82, 2.24) is 14.8 Å². The molecule has 0 bridgehead atoms. The summed E-state index contributed by atoms with van der Waals surface area (Å²) < 4.78 is 6.46. The standard InChI is InChI=1S/C26H22BrN3O3/c1-26-24-23(19-6-2-3-7-21(19)28-24)20(16-8-10-17(27)11-9-16)14-30(26)22(31)15-29(25(26)32)13-18-5-4-12-33-18/h2-12,20,28H,13-15H2,1H3/t20?,26-/m0/s1. The van der Waals surface area contributed by atoms with Gasteiger partial charge in [-0.2, -0.15) is 0 Å². The van der Waals surface area contributed by atoms with Crippen molar-refractivity contribution in [2.75, 3.05) is 13.1 Å². The number of fused-ring (bicyclic) bond motifs is 5. The topological polar surface area (TPSA) is 69.6 Å². The van der Waals surface area contributed by atoms with Crippen LogP contribution in [0.25, 0.3) is 10.9 Å². The van der Waals surface area contributed by atoms with Gasteiger partial charge in [-0.15, -0.1) is 0 Å². The van der Waals surface area contributed by atoms with Crippen molar-refractivity contribution in [3.8, 4) is 0 Å². The minimum atomic E-state index is -1.11. The normalized spacial score (nSPS) is 22.5. The van der Waals surface area contributed by atoms with Crippen molar-refractivity contribution < 1.29 is 14.0 Å². The molecule has 6 nitrogen and oxygen atoms in total. The summed E-state index contributed by atoms with van der Waals surface area (Å²) >= 11 is 3.52. The van der Waals surface area contributed by atoms with Gasteiger partial charge >= 0.3 is 0 Å². The van der Waals surface area contributed by atoms with E-state index >= 15 is 0 Å². The molecular weight excluding hydrogens is 482 g/mol. The number of carbonyl (C=O) groups is 2. The lowest BCUT2D eigenvalue weighted by atomic mass is 9.76. The van der Waals surface area contributed by atoms with Gasteiger partial charge in [-0.1, -0.05) is 46.3 Å². The number of carbonyl (C=O) groups excluding carboxylic acids is 2. The molecule has 2 atom stereocenters. The second kappa shape index (κ2) is 7.35. The van der Waals surface area contributed by atoms with Crippen LogP contribution >= 0.6 is 15.9 Å².